The van der Waals surface area contributed by atoms with Gasteiger partial charge in [-0.2, -0.15) is 0 Å². The van der Waals surface area contributed by atoms with Gasteiger partial charge in [0.15, 0.2) is 0 Å². The highest BCUT2D eigenvalue weighted by atomic mass is 16.6. The van der Waals surface area contributed by atoms with Gasteiger partial charge in [0.25, 0.3) is 0 Å². The van der Waals surface area contributed by atoms with Crippen molar-refractivity contribution in [1.29, 1.82) is 0 Å². The van der Waals surface area contributed by atoms with Gasteiger partial charge in [-0.1, -0.05) is 18.6 Å². The minimum absolute atomic E-state index is 0.236. The SMILES string of the molecule is CC1(C)COC(C)(C2CCC3C2CCC2C3CC=C3CC(=O)CC[C@@]32C)N1[O-]. The minimum atomic E-state index is -0.660. The van der Waals surface area contributed by atoms with Gasteiger partial charge in [0, 0.05) is 24.3 Å². The number of fused-ring (bicyclic) bond motifs is 5. The Kier molecular flexibility index (Phi) is 4.23. The van der Waals surface area contributed by atoms with Gasteiger partial charge < -0.3 is 15.0 Å². The Bertz CT molecular complexity index is 715. The van der Waals surface area contributed by atoms with E-state index in [9.17, 15) is 10.0 Å². The lowest BCUT2D eigenvalue weighted by molar-refractivity contribution is -0.126. The zero-order valence-corrected chi connectivity index (χ0v) is 18.0. The van der Waals surface area contributed by atoms with Gasteiger partial charge in [0.2, 0.25) is 0 Å². The Labute approximate surface area is 169 Å². The number of Topliss-reactive ketones (excluding diaryl/α,β-unsaturated/α-hetero) is 1. The molecule has 1 heterocycles. The molecular formula is C24H36NO3-. The van der Waals surface area contributed by atoms with Crippen LogP contribution in [0.3, 0.4) is 0 Å². The largest absolute Gasteiger partial charge is 0.783 e. The lowest BCUT2D eigenvalue weighted by Crippen LogP contribution is -2.54. The van der Waals surface area contributed by atoms with Crippen LogP contribution in [0.2, 0.25) is 0 Å². The van der Waals surface area contributed by atoms with Crippen molar-refractivity contribution < 1.29 is 9.53 Å². The topological polar surface area (TPSA) is 52.6 Å². The molecular weight excluding hydrogens is 350 g/mol. The van der Waals surface area contributed by atoms with Gasteiger partial charge in [-0.05, 0) is 88.4 Å². The van der Waals surface area contributed by atoms with Crippen molar-refractivity contribution in [3.63, 3.8) is 0 Å². The van der Waals surface area contributed by atoms with Crippen LogP contribution in [0.5, 0.6) is 0 Å². The van der Waals surface area contributed by atoms with Crippen molar-refractivity contribution in [3.8, 4) is 0 Å². The van der Waals surface area contributed by atoms with E-state index >= 15 is 0 Å². The lowest BCUT2D eigenvalue weighted by atomic mass is 9.50. The molecule has 5 aliphatic rings. The highest BCUT2D eigenvalue weighted by Crippen LogP contribution is 2.63. The van der Waals surface area contributed by atoms with Crippen LogP contribution in [0.25, 0.3) is 0 Å². The molecule has 0 amide bonds. The second-order valence-electron chi connectivity index (χ2n) is 11.4. The molecule has 28 heavy (non-hydrogen) atoms. The normalized spacial score (nSPS) is 50.7. The summed E-state index contributed by atoms with van der Waals surface area (Å²) in [4.78, 5) is 12.0. The summed E-state index contributed by atoms with van der Waals surface area (Å²) in [6.45, 7) is 9.05. The molecule has 156 valence electrons. The Morgan fingerprint density at radius 3 is 2.46 bits per heavy atom. The van der Waals surface area contributed by atoms with Crippen molar-refractivity contribution in [2.45, 2.75) is 90.3 Å². The molecule has 0 spiro atoms. The molecule has 1 saturated heterocycles. The third-order valence-electron chi connectivity index (χ3n) is 9.61. The second-order valence-corrected chi connectivity index (χ2v) is 11.4. The maximum Gasteiger partial charge on any atom is 0.136 e. The van der Waals surface area contributed by atoms with Crippen LogP contribution >= 0.6 is 0 Å². The molecule has 7 atom stereocenters. The van der Waals surface area contributed by atoms with Gasteiger partial charge >= 0.3 is 0 Å². The van der Waals surface area contributed by atoms with E-state index in [4.69, 9.17) is 4.74 Å². The number of carbonyl (C=O) groups excluding carboxylic acids is 1. The summed E-state index contributed by atoms with van der Waals surface area (Å²) < 4.78 is 6.22. The van der Waals surface area contributed by atoms with E-state index in [1.165, 1.54) is 29.9 Å². The zero-order valence-electron chi connectivity index (χ0n) is 18.0. The third kappa shape index (κ3) is 2.50. The number of carbonyl (C=O) groups is 1. The fourth-order valence-corrected chi connectivity index (χ4v) is 8.09. The minimum Gasteiger partial charge on any atom is -0.783 e. The molecule has 4 aliphatic carbocycles. The van der Waals surface area contributed by atoms with Crippen LogP contribution in [0.1, 0.15) is 79.1 Å². The monoisotopic (exact) mass is 386 g/mol. The molecule has 0 aromatic heterocycles. The Hall–Kier alpha value is -0.710. The van der Waals surface area contributed by atoms with Crippen molar-refractivity contribution in [3.05, 3.63) is 16.9 Å². The van der Waals surface area contributed by atoms with Crippen LogP contribution < -0.4 is 0 Å². The first kappa shape index (κ1) is 19.3. The van der Waals surface area contributed by atoms with E-state index in [0.29, 0.717) is 36.6 Å². The Morgan fingerprint density at radius 1 is 1.04 bits per heavy atom. The van der Waals surface area contributed by atoms with Crippen molar-refractivity contribution >= 4 is 5.78 Å². The number of hydrogen-bond acceptors (Lipinski definition) is 4. The fourth-order valence-electron chi connectivity index (χ4n) is 8.09. The molecule has 4 nitrogen and oxygen atoms in total. The lowest BCUT2D eigenvalue weighted by Gasteiger charge is -2.56. The third-order valence-corrected chi connectivity index (χ3v) is 9.61. The van der Waals surface area contributed by atoms with Gasteiger partial charge in [-0.25, -0.2) is 0 Å². The molecule has 5 rings (SSSR count). The summed E-state index contributed by atoms with van der Waals surface area (Å²) in [6.07, 6.45) is 10.9. The van der Waals surface area contributed by atoms with E-state index in [2.05, 4.69) is 19.9 Å². The van der Waals surface area contributed by atoms with Crippen LogP contribution in [0.15, 0.2) is 11.6 Å². The average Bonchev–Trinajstić information content (AvgIpc) is 3.18. The molecule has 0 aromatic carbocycles. The summed E-state index contributed by atoms with van der Waals surface area (Å²) in [5.74, 6) is 3.56. The van der Waals surface area contributed by atoms with E-state index < -0.39 is 11.3 Å². The van der Waals surface area contributed by atoms with Crippen molar-refractivity contribution in [2.75, 3.05) is 6.61 Å². The number of hydrogen-bond donors (Lipinski definition) is 0. The first-order chi connectivity index (χ1) is 13.2. The summed E-state index contributed by atoms with van der Waals surface area (Å²) in [7, 11) is 0. The first-order valence-electron chi connectivity index (χ1n) is 11.5. The van der Waals surface area contributed by atoms with E-state index in [1.807, 2.05) is 13.8 Å². The van der Waals surface area contributed by atoms with Crippen molar-refractivity contribution in [2.24, 2.45) is 35.0 Å². The molecule has 0 radical (unpaired) electrons. The fraction of sp³-hybridized carbons (Fsp3) is 0.875. The standard InChI is InChI=1S/C24H36NO3/c1-22(2)14-28-24(4,25(22)27)21-10-7-17-18-6-5-15-13-16(26)11-12-23(15,3)20(18)9-8-19(17)21/h5,17-21H,6-14H2,1-4H3/q-1/t17?,18?,19?,20?,21?,23-,24?/m0/s1. The number of ether oxygens (including phenoxy) is 1. The summed E-state index contributed by atoms with van der Waals surface area (Å²) in [6, 6.07) is 0. The van der Waals surface area contributed by atoms with Gasteiger partial charge in [0.05, 0.1) is 6.61 Å². The smallest absolute Gasteiger partial charge is 0.136 e. The predicted molar refractivity (Wildman–Crippen MR) is 109 cm³/mol. The highest BCUT2D eigenvalue weighted by molar-refractivity contribution is 5.82. The van der Waals surface area contributed by atoms with E-state index in [-0.39, 0.29) is 5.41 Å². The summed E-state index contributed by atoms with van der Waals surface area (Å²) >= 11 is 0. The van der Waals surface area contributed by atoms with Crippen LogP contribution in [-0.2, 0) is 9.53 Å². The molecule has 0 aromatic rings. The van der Waals surface area contributed by atoms with Gasteiger partial charge in [-0.15, -0.1) is 0 Å². The molecule has 4 heteroatoms. The summed E-state index contributed by atoms with van der Waals surface area (Å²) in [5, 5.41) is 14.4. The van der Waals surface area contributed by atoms with E-state index in [0.717, 1.165) is 37.5 Å². The number of rotatable bonds is 1. The second kappa shape index (κ2) is 6.15. The molecule has 4 fully saturated rings. The molecule has 1 aliphatic heterocycles. The first-order valence-corrected chi connectivity index (χ1v) is 11.5. The highest BCUT2D eigenvalue weighted by Gasteiger charge is 2.59. The Morgan fingerprint density at radius 2 is 1.75 bits per heavy atom. The van der Waals surface area contributed by atoms with Gasteiger partial charge in [-0.3, -0.25) is 4.79 Å². The molecule has 3 saturated carbocycles. The zero-order chi connectivity index (χ0) is 19.9. The number of ketones is 1. The van der Waals surface area contributed by atoms with Crippen LogP contribution in [-0.4, -0.2) is 28.7 Å². The number of nitrogens with zero attached hydrogens (tertiary/aromatic N) is 1. The number of hydroxylamine groups is 2. The average molecular weight is 387 g/mol. The quantitative estimate of drug-likeness (QED) is 0.591. The predicted octanol–water partition coefficient (Wildman–Crippen LogP) is 5.07. The molecule has 0 bridgehead atoms. The maximum atomic E-state index is 13.1. The summed E-state index contributed by atoms with van der Waals surface area (Å²) in [5.41, 5.74) is 0.595. The number of allylic oxidation sites excluding steroid dienone is 2. The molecule has 6 unspecified atom stereocenters. The van der Waals surface area contributed by atoms with Gasteiger partial charge in [0.1, 0.15) is 11.5 Å². The van der Waals surface area contributed by atoms with E-state index in [1.54, 1.807) is 0 Å². The molecule has 0 N–H and O–H groups in total. The van der Waals surface area contributed by atoms with Crippen LogP contribution in [0, 0.1) is 40.2 Å². The van der Waals surface area contributed by atoms with Crippen molar-refractivity contribution in [1.82, 2.24) is 5.06 Å². The Balaban J connectivity index is 1.41. The maximum absolute atomic E-state index is 13.1. The van der Waals surface area contributed by atoms with Crippen LogP contribution in [0.4, 0.5) is 0 Å².